The van der Waals surface area contributed by atoms with Gasteiger partial charge in [0.25, 0.3) is 11.5 Å². The SMILES string of the molecule is CN(C(=O)c1cc2occc2[nH]1)[C@H]1COCc2[nH]c(=O)c3cc(F)c(F)cc3c21. The van der Waals surface area contributed by atoms with E-state index >= 15 is 0 Å². The number of nitrogens with one attached hydrogen (secondary N) is 2. The van der Waals surface area contributed by atoms with Crippen molar-refractivity contribution >= 4 is 27.8 Å². The minimum atomic E-state index is -1.11. The number of likely N-dealkylation sites (N-methyl/N-ethyl adjacent to an activating group) is 1. The smallest absolute Gasteiger partial charge is 0.270 e. The highest BCUT2D eigenvalue weighted by molar-refractivity contribution is 5.97. The van der Waals surface area contributed by atoms with Gasteiger partial charge < -0.3 is 24.0 Å². The number of hydrogen-bond acceptors (Lipinski definition) is 4. The first-order chi connectivity index (χ1) is 13.9. The van der Waals surface area contributed by atoms with E-state index in [0.717, 1.165) is 12.1 Å². The van der Waals surface area contributed by atoms with Crippen LogP contribution in [-0.4, -0.2) is 34.4 Å². The fraction of sp³-hybridized carbons (Fsp3) is 0.200. The number of benzene rings is 1. The summed E-state index contributed by atoms with van der Waals surface area (Å²) in [5, 5.41) is 0.281. The second kappa shape index (κ2) is 6.28. The standard InChI is InChI=1S/C20H15F2N3O4/c1-25(20(27)14-6-17-13(23-14)2-3-29-17)16-8-28-7-15-18(16)9-4-11(21)12(22)5-10(9)19(26)24-15/h2-6,16,23H,7-8H2,1H3,(H,24,26)/t16-/m0/s1. The Kier molecular flexibility index (Phi) is 3.82. The van der Waals surface area contributed by atoms with Crippen molar-refractivity contribution in [1.82, 2.24) is 14.9 Å². The second-order valence-electron chi connectivity index (χ2n) is 6.99. The third-order valence-corrected chi connectivity index (χ3v) is 5.30. The van der Waals surface area contributed by atoms with E-state index in [1.165, 1.54) is 11.2 Å². The fourth-order valence-corrected chi connectivity index (χ4v) is 3.84. The van der Waals surface area contributed by atoms with Gasteiger partial charge in [-0.3, -0.25) is 9.59 Å². The molecule has 0 aliphatic carbocycles. The number of nitrogens with zero attached hydrogens (tertiary/aromatic N) is 1. The Morgan fingerprint density at radius 1 is 1.17 bits per heavy atom. The summed E-state index contributed by atoms with van der Waals surface area (Å²) in [6, 6.07) is 4.57. The first kappa shape index (κ1) is 17.6. The lowest BCUT2D eigenvalue weighted by atomic mass is 9.95. The summed E-state index contributed by atoms with van der Waals surface area (Å²) >= 11 is 0. The average molecular weight is 399 g/mol. The van der Waals surface area contributed by atoms with Gasteiger partial charge in [0, 0.05) is 30.4 Å². The van der Waals surface area contributed by atoms with Crippen LogP contribution < -0.4 is 5.56 Å². The number of furan rings is 1. The molecule has 0 unspecified atom stereocenters. The van der Waals surface area contributed by atoms with E-state index in [0.29, 0.717) is 28.1 Å². The molecule has 0 fully saturated rings. The van der Waals surface area contributed by atoms with Gasteiger partial charge in [-0.1, -0.05) is 0 Å². The minimum Gasteiger partial charge on any atom is -0.463 e. The second-order valence-corrected chi connectivity index (χ2v) is 6.99. The Balaban J connectivity index is 1.63. The molecule has 0 saturated carbocycles. The van der Waals surface area contributed by atoms with Gasteiger partial charge in [-0.2, -0.15) is 0 Å². The van der Waals surface area contributed by atoms with Crippen LogP contribution in [0.1, 0.15) is 27.8 Å². The molecule has 1 aromatic carbocycles. The molecule has 0 radical (unpaired) electrons. The van der Waals surface area contributed by atoms with Crippen LogP contribution in [0.15, 0.2) is 39.7 Å². The van der Waals surface area contributed by atoms with Crippen molar-refractivity contribution in [2.45, 2.75) is 12.6 Å². The summed E-state index contributed by atoms with van der Waals surface area (Å²) in [5.74, 6) is -2.50. The fourth-order valence-electron chi connectivity index (χ4n) is 3.84. The predicted octanol–water partition coefficient (Wildman–Crippen LogP) is 3.22. The van der Waals surface area contributed by atoms with Crippen molar-refractivity contribution in [3.63, 3.8) is 0 Å². The molecule has 1 atom stereocenters. The summed E-state index contributed by atoms with van der Waals surface area (Å²) in [6.45, 7) is 0.250. The van der Waals surface area contributed by atoms with Gasteiger partial charge in [-0.05, 0) is 17.5 Å². The van der Waals surface area contributed by atoms with Crippen LogP contribution in [0.5, 0.6) is 0 Å². The van der Waals surface area contributed by atoms with Crippen LogP contribution in [0.3, 0.4) is 0 Å². The lowest BCUT2D eigenvalue weighted by Gasteiger charge is -2.33. The number of aromatic nitrogens is 2. The zero-order chi connectivity index (χ0) is 20.3. The van der Waals surface area contributed by atoms with Crippen molar-refractivity contribution in [3.8, 4) is 0 Å². The Labute approximate surface area is 161 Å². The molecule has 0 bridgehead atoms. The highest BCUT2D eigenvalue weighted by Crippen LogP contribution is 2.34. The van der Waals surface area contributed by atoms with Crippen LogP contribution in [0, 0.1) is 11.6 Å². The number of H-pyrrole nitrogens is 2. The van der Waals surface area contributed by atoms with Gasteiger partial charge in [-0.15, -0.1) is 0 Å². The molecule has 5 rings (SSSR count). The van der Waals surface area contributed by atoms with E-state index in [9.17, 15) is 18.4 Å². The van der Waals surface area contributed by atoms with Crippen LogP contribution in [0.25, 0.3) is 21.9 Å². The number of aromatic amines is 2. The van der Waals surface area contributed by atoms with Crippen LogP contribution >= 0.6 is 0 Å². The van der Waals surface area contributed by atoms with E-state index in [4.69, 9.17) is 9.15 Å². The molecule has 1 aliphatic heterocycles. The topological polar surface area (TPSA) is 91.3 Å². The molecule has 3 aromatic heterocycles. The van der Waals surface area contributed by atoms with Crippen LogP contribution in [0.2, 0.25) is 0 Å². The maximum atomic E-state index is 14.0. The summed E-state index contributed by atoms with van der Waals surface area (Å²) in [6.07, 6.45) is 1.51. The largest absolute Gasteiger partial charge is 0.463 e. The number of pyridine rings is 1. The molecule has 1 amide bonds. The first-order valence-electron chi connectivity index (χ1n) is 8.89. The number of ether oxygens (including phenoxy) is 1. The number of halogens is 2. The average Bonchev–Trinajstić information content (AvgIpc) is 3.30. The van der Waals surface area contributed by atoms with Gasteiger partial charge in [0.05, 0.1) is 36.4 Å². The summed E-state index contributed by atoms with van der Waals surface area (Å²) in [4.78, 5) is 32.5. The maximum absolute atomic E-state index is 14.0. The lowest BCUT2D eigenvalue weighted by molar-refractivity contribution is 0.0333. The summed E-state index contributed by atoms with van der Waals surface area (Å²) in [5.41, 5.74) is 1.99. The minimum absolute atomic E-state index is 0.0211. The van der Waals surface area contributed by atoms with Crippen molar-refractivity contribution in [2.24, 2.45) is 0 Å². The van der Waals surface area contributed by atoms with Crippen LogP contribution in [-0.2, 0) is 11.3 Å². The molecule has 29 heavy (non-hydrogen) atoms. The van der Waals surface area contributed by atoms with E-state index in [1.807, 2.05) is 0 Å². The van der Waals surface area contributed by atoms with E-state index in [2.05, 4.69) is 9.97 Å². The van der Waals surface area contributed by atoms with Gasteiger partial charge in [0.15, 0.2) is 17.2 Å². The first-order valence-corrected chi connectivity index (χ1v) is 8.89. The molecule has 1 aliphatic rings. The number of fused-ring (bicyclic) bond motifs is 4. The third kappa shape index (κ3) is 2.65. The van der Waals surface area contributed by atoms with E-state index < -0.39 is 23.2 Å². The zero-order valence-electron chi connectivity index (χ0n) is 15.2. The van der Waals surface area contributed by atoms with Crippen molar-refractivity contribution in [1.29, 1.82) is 0 Å². The Morgan fingerprint density at radius 3 is 2.69 bits per heavy atom. The summed E-state index contributed by atoms with van der Waals surface area (Å²) in [7, 11) is 1.59. The molecule has 4 aromatic rings. The molecule has 7 nitrogen and oxygen atoms in total. The highest BCUT2D eigenvalue weighted by atomic mass is 19.2. The number of hydrogen-bond donors (Lipinski definition) is 2. The molecule has 0 spiro atoms. The molecular formula is C20H15F2N3O4. The third-order valence-electron chi connectivity index (χ3n) is 5.30. The van der Waals surface area contributed by atoms with Gasteiger partial charge in [0.2, 0.25) is 0 Å². The number of amides is 1. The number of rotatable bonds is 2. The monoisotopic (exact) mass is 399 g/mol. The highest BCUT2D eigenvalue weighted by Gasteiger charge is 2.32. The van der Waals surface area contributed by atoms with Crippen LogP contribution in [0.4, 0.5) is 8.78 Å². The van der Waals surface area contributed by atoms with Crippen molar-refractivity contribution in [2.75, 3.05) is 13.7 Å². The molecule has 4 heterocycles. The maximum Gasteiger partial charge on any atom is 0.270 e. The molecule has 2 N–H and O–H groups in total. The lowest BCUT2D eigenvalue weighted by Crippen LogP contribution is -2.37. The normalized spacial score (nSPS) is 16.3. The number of carbonyl (C=O) groups is 1. The molecular weight excluding hydrogens is 384 g/mol. The predicted molar refractivity (Wildman–Crippen MR) is 99.5 cm³/mol. The Hall–Kier alpha value is -3.46. The van der Waals surface area contributed by atoms with Gasteiger partial charge in [-0.25, -0.2) is 8.78 Å². The molecule has 9 heteroatoms. The van der Waals surface area contributed by atoms with E-state index in [1.54, 1.807) is 19.2 Å². The zero-order valence-corrected chi connectivity index (χ0v) is 15.2. The quantitative estimate of drug-likeness (QED) is 0.542. The van der Waals surface area contributed by atoms with Crippen molar-refractivity contribution in [3.05, 3.63) is 69.5 Å². The molecule has 148 valence electrons. The Bertz CT molecular complexity index is 1310. The van der Waals surface area contributed by atoms with Gasteiger partial charge in [0.1, 0.15) is 5.69 Å². The number of carbonyl (C=O) groups excluding carboxylic acids is 1. The van der Waals surface area contributed by atoms with E-state index in [-0.39, 0.29) is 29.9 Å². The van der Waals surface area contributed by atoms with Crippen molar-refractivity contribution < 1.29 is 22.7 Å². The summed E-state index contributed by atoms with van der Waals surface area (Å²) < 4.78 is 38.5. The molecule has 0 saturated heterocycles. The van der Waals surface area contributed by atoms with Gasteiger partial charge >= 0.3 is 0 Å². The Morgan fingerprint density at radius 2 is 1.93 bits per heavy atom.